The summed E-state index contributed by atoms with van der Waals surface area (Å²) in [4.78, 5) is 34.8. The van der Waals surface area contributed by atoms with Gasteiger partial charge in [0.1, 0.15) is 5.75 Å². The third-order valence-electron chi connectivity index (χ3n) is 3.92. The van der Waals surface area contributed by atoms with E-state index in [2.05, 4.69) is 5.32 Å². The zero-order valence-corrected chi connectivity index (χ0v) is 16.3. The number of carboxylic acids is 1. The van der Waals surface area contributed by atoms with E-state index in [1.165, 1.54) is 19.2 Å². The smallest absolute Gasteiger partial charge is 0.410 e. The Kier molecular flexibility index (Phi) is 8.29. The van der Waals surface area contributed by atoms with Crippen LogP contribution in [0.1, 0.15) is 34.8 Å². The SMILES string of the molecule is COc1ccc(C(=O)OCOC(=O)NC(CCC(=O)O)c2ccc(Cl)cc2)cc1. The molecule has 0 aliphatic rings. The van der Waals surface area contributed by atoms with Crippen molar-refractivity contribution in [2.45, 2.75) is 18.9 Å². The lowest BCUT2D eigenvalue weighted by molar-refractivity contribution is -0.137. The summed E-state index contributed by atoms with van der Waals surface area (Å²) < 4.78 is 14.8. The van der Waals surface area contributed by atoms with Gasteiger partial charge in [0.25, 0.3) is 0 Å². The van der Waals surface area contributed by atoms with Crippen LogP contribution < -0.4 is 10.1 Å². The van der Waals surface area contributed by atoms with Gasteiger partial charge in [-0.2, -0.15) is 0 Å². The van der Waals surface area contributed by atoms with Gasteiger partial charge in [-0.1, -0.05) is 23.7 Å². The van der Waals surface area contributed by atoms with E-state index in [-0.39, 0.29) is 18.4 Å². The molecule has 0 heterocycles. The topological polar surface area (TPSA) is 111 Å². The van der Waals surface area contributed by atoms with Crippen LogP contribution in [0, 0.1) is 0 Å². The highest BCUT2D eigenvalue weighted by Crippen LogP contribution is 2.21. The zero-order valence-electron chi connectivity index (χ0n) is 15.6. The first kappa shape index (κ1) is 22.0. The summed E-state index contributed by atoms with van der Waals surface area (Å²) in [6, 6.07) is 12.3. The van der Waals surface area contributed by atoms with E-state index in [0.717, 1.165) is 0 Å². The number of ether oxygens (including phenoxy) is 3. The van der Waals surface area contributed by atoms with Crippen molar-refractivity contribution in [2.75, 3.05) is 13.9 Å². The molecule has 0 fully saturated rings. The quantitative estimate of drug-likeness (QED) is 0.468. The Morgan fingerprint density at radius 1 is 1.03 bits per heavy atom. The molecule has 2 aromatic carbocycles. The van der Waals surface area contributed by atoms with E-state index < -0.39 is 30.9 Å². The third kappa shape index (κ3) is 7.34. The number of carbonyl (C=O) groups excluding carboxylic acids is 2. The van der Waals surface area contributed by atoms with Crippen molar-refractivity contribution in [1.82, 2.24) is 5.32 Å². The lowest BCUT2D eigenvalue weighted by Gasteiger charge is -2.18. The zero-order chi connectivity index (χ0) is 21.2. The fraction of sp³-hybridized carbons (Fsp3) is 0.250. The van der Waals surface area contributed by atoms with Gasteiger partial charge in [-0.05, 0) is 48.4 Å². The van der Waals surface area contributed by atoms with Crippen LogP contribution in [0.4, 0.5) is 4.79 Å². The number of halogens is 1. The van der Waals surface area contributed by atoms with E-state index in [0.29, 0.717) is 16.3 Å². The number of amides is 1. The Labute approximate surface area is 172 Å². The number of carbonyl (C=O) groups is 3. The second-order valence-electron chi connectivity index (χ2n) is 5.89. The number of aliphatic carboxylic acids is 1. The highest BCUT2D eigenvalue weighted by atomic mass is 35.5. The van der Waals surface area contributed by atoms with Crippen LogP contribution in [-0.4, -0.2) is 37.0 Å². The minimum Gasteiger partial charge on any atom is -0.497 e. The van der Waals surface area contributed by atoms with Crippen LogP contribution in [0.3, 0.4) is 0 Å². The molecule has 0 saturated carbocycles. The maximum absolute atomic E-state index is 12.0. The van der Waals surface area contributed by atoms with Gasteiger partial charge in [0.2, 0.25) is 6.79 Å². The summed E-state index contributed by atoms with van der Waals surface area (Å²) in [5, 5.41) is 12.0. The predicted molar refractivity (Wildman–Crippen MR) is 104 cm³/mol. The Hall–Kier alpha value is -3.26. The maximum atomic E-state index is 12.0. The van der Waals surface area contributed by atoms with Crippen molar-refractivity contribution in [2.24, 2.45) is 0 Å². The summed E-state index contributed by atoms with van der Waals surface area (Å²) in [5.41, 5.74) is 0.943. The van der Waals surface area contributed by atoms with E-state index in [1.807, 2.05) is 0 Å². The van der Waals surface area contributed by atoms with Crippen LogP contribution >= 0.6 is 11.6 Å². The molecular formula is C20H20ClNO7. The van der Waals surface area contributed by atoms with Gasteiger partial charge < -0.3 is 24.6 Å². The minimum atomic E-state index is -0.993. The van der Waals surface area contributed by atoms with Gasteiger partial charge in [-0.25, -0.2) is 9.59 Å². The monoisotopic (exact) mass is 421 g/mol. The van der Waals surface area contributed by atoms with E-state index in [9.17, 15) is 14.4 Å². The van der Waals surface area contributed by atoms with Gasteiger partial charge in [-0.15, -0.1) is 0 Å². The molecule has 0 saturated heterocycles. The largest absolute Gasteiger partial charge is 0.497 e. The molecule has 1 amide bonds. The van der Waals surface area contributed by atoms with Gasteiger partial charge in [0.05, 0.1) is 18.7 Å². The normalized spacial score (nSPS) is 11.2. The number of alkyl carbamates (subject to hydrolysis) is 1. The number of methoxy groups -OCH3 is 1. The molecule has 0 bridgehead atoms. The first-order valence-corrected chi connectivity index (χ1v) is 8.98. The summed E-state index contributed by atoms with van der Waals surface area (Å²) >= 11 is 5.85. The van der Waals surface area contributed by atoms with Gasteiger partial charge in [0, 0.05) is 11.4 Å². The number of hydrogen-bond donors (Lipinski definition) is 2. The average Bonchev–Trinajstić information content (AvgIpc) is 2.71. The second kappa shape index (κ2) is 10.9. The number of rotatable bonds is 9. The molecule has 0 aliphatic heterocycles. The Morgan fingerprint density at radius 3 is 2.28 bits per heavy atom. The van der Waals surface area contributed by atoms with Crippen molar-refractivity contribution in [3.05, 3.63) is 64.7 Å². The van der Waals surface area contributed by atoms with Crippen molar-refractivity contribution < 1.29 is 33.7 Å². The standard InChI is InChI=1S/C20H20ClNO7/c1-27-16-8-4-14(5-9-16)19(25)28-12-29-20(26)22-17(10-11-18(23)24)13-2-6-15(21)7-3-13/h2-9,17H,10-12H2,1H3,(H,22,26)(H,23,24). The molecule has 0 aromatic heterocycles. The molecule has 2 N–H and O–H groups in total. The Morgan fingerprint density at radius 2 is 1.69 bits per heavy atom. The Bertz CT molecular complexity index is 837. The molecule has 8 nitrogen and oxygen atoms in total. The molecule has 0 aliphatic carbocycles. The number of esters is 1. The predicted octanol–water partition coefficient (Wildman–Crippen LogP) is 3.80. The van der Waals surface area contributed by atoms with Crippen LogP contribution in [0.2, 0.25) is 5.02 Å². The van der Waals surface area contributed by atoms with Gasteiger partial charge >= 0.3 is 18.0 Å². The first-order valence-electron chi connectivity index (χ1n) is 8.60. The van der Waals surface area contributed by atoms with E-state index in [1.54, 1.807) is 36.4 Å². The summed E-state index contributed by atoms with van der Waals surface area (Å²) in [5.74, 6) is -1.07. The molecular weight excluding hydrogens is 402 g/mol. The van der Waals surface area contributed by atoms with Gasteiger partial charge in [0.15, 0.2) is 0 Å². The van der Waals surface area contributed by atoms with Crippen molar-refractivity contribution in [1.29, 1.82) is 0 Å². The van der Waals surface area contributed by atoms with Crippen LogP contribution in [0.5, 0.6) is 5.75 Å². The van der Waals surface area contributed by atoms with E-state index in [4.69, 9.17) is 30.9 Å². The fourth-order valence-corrected chi connectivity index (χ4v) is 2.54. The summed E-state index contributed by atoms with van der Waals surface area (Å²) in [6.07, 6.45) is -0.851. The lowest BCUT2D eigenvalue weighted by Crippen LogP contribution is -2.30. The van der Waals surface area contributed by atoms with Crippen LogP contribution in [0.25, 0.3) is 0 Å². The molecule has 1 unspecified atom stereocenters. The number of hydrogen-bond acceptors (Lipinski definition) is 6. The number of benzene rings is 2. The molecule has 0 radical (unpaired) electrons. The molecule has 2 rings (SSSR count). The van der Waals surface area contributed by atoms with Crippen LogP contribution in [-0.2, 0) is 14.3 Å². The third-order valence-corrected chi connectivity index (χ3v) is 4.17. The molecule has 2 aromatic rings. The van der Waals surface area contributed by atoms with Crippen molar-refractivity contribution in [3.63, 3.8) is 0 Å². The fourth-order valence-electron chi connectivity index (χ4n) is 2.42. The van der Waals surface area contributed by atoms with Gasteiger partial charge in [-0.3, -0.25) is 4.79 Å². The molecule has 0 spiro atoms. The lowest BCUT2D eigenvalue weighted by atomic mass is 10.0. The molecule has 29 heavy (non-hydrogen) atoms. The summed E-state index contributed by atoms with van der Waals surface area (Å²) in [6.45, 7) is -0.594. The summed E-state index contributed by atoms with van der Waals surface area (Å²) in [7, 11) is 1.51. The van der Waals surface area contributed by atoms with Crippen molar-refractivity contribution in [3.8, 4) is 5.75 Å². The Balaban J connectivity index is 1.87. The van der Waals surface area contributed by atoms with Crippen molar-refractivity contribution >= 4 is 29.6 Å². The molecule has 9 heteroatoms. The van der Waals surface area contributed by atoms with Crippen LogP contribution in [0.15, 0.2) is 48.5 Å². The number of nitrogens with one attached hydrogen (secondary N) is 1. The second-order valence-corrected chi connectivity index (χ2v) is 6.33. The van der Waals surface area contributed by atoms with E-state index >= 15 is 0 Å². The maximum Gasteiger partial charge on any atom is 0.410 e. The number of carboxylic acid groups (broad SMARTS) is 1. The minimum absolute atomic E-state index is 0.150. The average molecular weight is 422 g/mol. The molecule has 1 atom stereocenters. The molecule has 154 valence electrons. The first-order chi connectivity index (χ1) is 13.9. The highest BCUT2D eigenvalue weighted by Gasteiger charge is 2.17. The highest BCUT2D eigenvalue weighted by molar-refractivity contribution is 6.30.